The average molecular weight is 241 g/mol. The third kappa shape index (κ3) is 3.70. The van der Waals surface area contributed by atoms with Crippen molar-refractivity contribution < 1.29 is 9.90 Å². The first-order chi connectivity index (χ1) is 8.03. The summed E-state index contributed by atoms with van der Waals surface area (Å²) in [5.41, 5.74) is -0.487. The van der Waals surface area contributed by atoms with Gasteiger partial charge in [-0.3, -0.25) is 4.79 Å². The summed E-state index contributed by atoms with van der Waals surface area (Å²) in [5, 5.41) is 9.20. The molecule has 3 heteroatoms. The number of hydrogen-bond acceptors (Lipinski definition) is 2. The number of aliphatic carboxylic acids is 1. The second-order valence-electron chi connectivity index (χ2n) is 5.61. The van der Waals surface area contributed by atoms with Crippen molar-refractivity contribution in [2.75, 3.05) is 13.1 Å². The zero-order valence-corrected chi connectivity index (χ0v) is 11.5. The summed E-state index contributed by atoms with van der Waals surface area (Å²) in [6.45, 7) is 8.26. The predicted molar refractivity (Wildman–Crippen MR) is 70.2 cm³/mol. The Balaban J connectivity index is 2.47. The molecule has 1 aliphatic rings. The van der Waals surface area contributed by atoms with Crippen LogP contribution in [0.5, 0.6) is 0 Å². The molecule has 1 N–H and O–H groups in total. The molecule has 0 aromatic rings. The molecule has 0 aliphatic carbocycles. The fourth-order valence-electron chi connectivity index (χ4n) is 2.68. The molecule has 0 radical (unpaired) electrons. The minimum atomic E-state index is -0.626. The second-order valence-corrected chi connectivity index (χ2v) is 5.61. The third-order valence-electron chi connectivity index (χ3n) is 4.30. The predicted octanol–water partition coefficient (Wildman–Crippen LogP) is 3.14. The number of carboxylic acid groups (broad SMARTS) is 1. The number of carboxylic acids is 1. The second kappa shape index (κ2) is 6.39. The van der Waals surface area contributed by atoms with E-state index in [1.165, 1.54) is 25.7 Å². The molecular weight excluding hydrogens is 214 g/mol. The van der Waals surface area contributed by atoms with Gasteiger partial charge in [0.1, 0.15) is 0 Å². The van der Waals surface area contributed by atoms with Gasteiger partial charge in [0.25, 0.3) is 0 Å². The molecule has 0 amide bonds. The zero-order valence-electron chi connectivity index (χ0n) is 11.5. The maximum Gasteiger partial charge on any atom is 0.309 e. The van der Waals surface area contributed by atoms with Gasteiger partial charge in [0.15, 0.2) is 0 Å². The molecule has 1 atom stereocenters. The van der Waals surface area contributed by atoms with Crippen LogP contribution in [0.1, 0.15) is 59.3 Å². The highest BCUT2D eigenvalue weighted by Crippen LogP contribution is 2.32. The first-order valence-corrected chi connectivity index (χ1v) is 7.01. The summed E-state index contributed by atoms with van der Waals surface area (Å²) in [6, 6.07) is 0.660. The molecule has 1 unspecified atom stereocenters. The highest BCUT2D eigenvalue weighted by molar-refractivity contribution is 5.74. The lowest BCUT2D eigenvalue weighted by atomic mass is 9.80. The zero-order chi connectivity index (χ0) is 12.9. The smallest absolute Gasteiger partial charge is 0.309 e. The molecule has 3 nitrogen and oxygen atoms in total. The molecule has 0 spiro atoms. The summed E-state index contributed by atoms with van der Waals surface area (Å²) in [5.74, 6) is -0.626. The summed E-state index contributed by atoms with van der Waals surface area (Å²) < 4.78 is 0. The third-order valence-corrected chi connectivity index (χ3v) is 4.30. The van der Waals surface area contributed by atoms with E-state index in [9.17, 15) is 9.90 Å². The maximum absolute atomic E-state index is 11.2. The van der Waals surface area contributed by atoms with E-state index in [0.717, 1.165) is 25.9 Å². The van der Waals surface area contributed by atoms with Crippen LogP contribution in [-0.4, -0.2) is 35.1 Å². The van der Waals surface area contributed by atoms with Gasteiger partial charge in [-0.05, 0) is 45.7 Å². The number of likely N-dealkylation sites (tertiary alicyclic amines) is 1. The van der Waals surface area contributed by atoms with E-state index in [4.69, 9.17) is 0 Å². The van der Waals surface area contributed by atoms with Gasteiger partial charge in [-0.25, -0.2) is 0 Å². The van der Waals surface area contributed by atoms with E-state index >= 15 is 0 Å². The fourth-order valence-corrected chi connectivity index (χ4v) is 2.68. The van der Waals surface area contributed by atoms with Crippen LogP contribution in [-0.2, 0) is 4.79 Å². The summed E-state index contributed by atoms with van der Waals surface area (Å²) in [7, 11) is 0. The van der Waals surface area contributed by atoms with Crippen molar-refractivity contribution in [3.63, 3.8) is 0 Å². The Bertz CT molecular complexity index is 245. The molecule has 100 valence electrons. The first kappa shape index (κ1) is 14.5. The average Bonchev–Trinajstić information content (AvgIpc) is 2.32. The minimum absolute atomic E-state index is 0.487. The monoisotopic (exact) mass is 241 g/mol. The normalized spacial score (nSPS) is 22.3. The Morgan fingerprint density at radius 2 is 1.94 bits per heavy atom. The van der Waals surface area contributed by atoms with Crippen molar-refractivity contribution in [1.29, 1.82) is 0 Å². The van der Waals surface area contributed by atoms with Gasteiger partial charge >= 0.3 is 5.97 Å². The SMILES string of the molecule is CCCCC(CC)N1CCC(C)(C(=O)O)CC1. The quantitative estimate of drug-likeness (QED) is 0.776. The highest BCUT2D eigenvalue weighted by Gasteiger charge is 2.37. The van der Waals surface area contributed by atoms with Crippen molar-refractivity contribution in [2.24, 2.45) is 5.41 Å². The van der Waals surface area contributed by atoms with E-state index < -0.39 is 11.4 Å². The Kier molecular flexibility index (Phi) is 5.44. The molecule has 0 aromatic carbocycles. The molecule has 1 heterocycles. The van der Waals surface area contributed by atoms with Crippen LogP contribution >= 0.6 is 0 Å². The largest absolute Gasteiger partial charge is 0.481 e. The summed E-state index contributed by atoms with van der Waals surface area (Å²) in [6.07, 6.45) is 6.57. The molecule has 0 saturated carbocycles. The van der Waals surface area contributed by atoms with Crippen molar-refractivity contribution in [1.82, 2.24) is 4.90 Å². The molecular formula is C14H27NO2. The number of unbranched alkanes of at least 4 members (excludes halogenated alkanes) is 1. The molecule has 0 bridgehead atoms. The fraction of sp³-hybridized carbons (Fsp3) is 0.929. The minimum Gasteiger partial charge on any atom is -0.481 e. The number of hydrogen-bond donors (Lipinski definition) is 1. The number of nitrogens with zero attached hydrogens (tertiary/aromatic N) is 1. The summed E-state index contributed by atoms with van der Waals surface area (Å²) in [4.78, 5) is 13.7. The number of rotatable bonds is 6. The van der Waals surface area contributed by atoms with Crippen LogP contribution in [0, 0.1) is 5.41 Å². The Hall–Kier alpha value is -0.570. The van der Waals surface area contributed by atoms with Gasteiger partial charge in [0.2, 0.25) is 0 Å². The Morgan fingerprint density at radius 1 is 1.35 bits per heavy atom. The van der Waals surface area contributed by atoms with E-state index in [2.05, 4.69) is 18.7 Å². The number of carbonyl (C=O) groups is 1. The lowest BCUT2D eigenvalue weighted by molar-refractivity contribution is -0.151. The lowest BCUT2D eigenvalue weighted by Crippen LogP contribution is -2.46. The van der Waals surface area contributed by atoms with Gasteiger partial charge < -0.3 is 10.0 Å². The van der Waals surface area contributed by atoms with E-state index in [1.54, 1.807) is 0 Å². The molecule has 0 aromatic heterocycles. The lowest BCUT2D eigenvalue weighted by Gasteiger charge is -2.40. The Labute approximate surface area is 105 Å². The van der Waals surface area contributed by atoms with Gasteiger partial charge in [-0.1, -0.05) is 26.7 Å². The molecule has 1 aliphatic heterocycles. The molecule has 17 heavy (non-hydrogen) atoms. The molecule has 1 saturated heterocycles. The first-order valence-electron chi connectivity index (χ1n) is 7.01. The molecule has 1 rings (SSSR count). The summed E-state index contributed by atoms with van der Waals surface area (Å²) >= 11 is 0. The van der Waals surface area contributed by atoms with E-state index in [1.807, 2.05) is 6.92 Å². The van der Waals surface area contributed by atoms with Crippen LogP contribution in [0.15, 0.2) is 0 Å². The van der Waals surface area contributed by atoms with Crippen molar-refractivity contribution in [2.45, 2.75) is 65.3 Å². The van der Waals surface area contributed by atoms with Crippen LogP contribution in [0.25, 0.3) is 0 Å². The van der Waals surface area contributed by atoms with E-state index in [0.29, 0.717) is 6.04 Å². The van der Waals surface area contributed by atoms with Crippen LogP contribution in [0.2, 0.25) is 0 Å². The van der Waals surface area contributed by atoms with E-state index in [-0.39, 0.29) is 0 Å². The van der Waals surface area contributed by atoms with Crippen molar-refractivity contribution >= 4 is 5.97 Å². The number of piperidine rings is 1. The van der Waals surface area contributed by atoms with Crippen LogP contribution < -0.4 is 0 Å². The van der Waals surface area contributed by atoms with Crippen molar-refractivity contribution in [3.05, 3.63) is 0 Å². The standard InChI is InChI=1S/C14H27NO2/c1-4-6-7-12(5-2)15-10-8-14(3,9-11-15)13(16)17/h12H,4-11H2,1-3H3,(H,16,17). The van der Waals surface area contributed by atoms with Gasteiger partial charge in [-0.15, -0.1) is 0 Å². The molecule has 1 fully saturated rings. The van der Waals surface area contributed by atoms with Gasteiger partial charge in [0.05, 0.1) is 5.41 Å². The Morgan fingerprint density at radius 3 is 2.35 bits per heavy atom. The van der Waals surface area contributed by atoms with Gasteiger partial charge in [-0.2, -0.15) is 0 Å². The van der Waals surface area contributed by atoms with Crippen molar-refractivity contribution in [3.8, 4) is 0 Å². The maximum atomic E-state index is 11.2. The van der Waals surface area contributed by atoms with Gasteiger partial charge in [0, 0.05) is 6.04 Å². The highest BCUT2D eigenvalue weighted by atomic mass is 16.4. The topological polar surface area (TPSA) is 40.5 Å². The van der Waals surface area contributed by atoms with Crippen LogP contribution in [0.3, 0.4) is 0 Å². The van der Waals surface area contributed by atoms with Crippen LogP contribution in [0.4, 0.5) is 0 Å².